The Morgan fingerprint density at radius 1 is 1.22 bits per heavy atom. The number of methoxy groups -OCH3 is 1. The molecule has 0 saturated heterocycles. The standard InChI is InChI=1S/C19H21FN2O4S/c1-22(2)27(24,25)18-10-13(7-8-17(18)26-3)19(23)21-16-11-15(16)12-5-4-6-14(20)9-12/h4-10,15-16H,11H2,1-3H3,(H,21,23). The number of nitrogens with zero attached hydrogens (tertiary/aromatic N) is 1. The molecule has 1 amide bonds. The van der Waals surface area contributed by atoms with Gasteiger partial charge in [-0.05, 0) is 42.3 Å². The van der Waals surface area contributed by atoms with Gasteiger partial charge in [0.15, 0.2) is 0 Å². The highest BCUT2D eigenvalue weighted by Crippen LogP contribution is 2.41. The highest BCUT2D eigenvalue weighted by atomic mass is 32.2. The molecule has 2 atom stereocenters. The third-order valence-corrected chi connectivity index (χ3v) is 6.40. The zero-order chi connectivity index (χ0) is 19.8. The van der Waals surface area contributed by atoms with Crippen LogP contribution in [0, 0.1) is 5.82 Å². The number of rotatable bonds is 6. The number of carbonyl (C=O) groups is 1. The second kappa shape index (κ2) is 7.28. The Labute approximate surface area is 158 Å². The number of benzene rings is 2. The lowest BCUT2D eigenvalue weighted by molar-refractivity contribution is 0.0950. The normalized spacial score (nSPS) is 19.0. The molecule has 0 aromatic heterocycles. The smallest absolute Gasteiger partial charge is 0.251 e. The van der Waals surface area contributed by atoms with E-state index in [4.69, 9.17) is 4.74 Å². The Balaban J connectivity index is 1.78. The molecule has 1 aliphatic carbocycles. The molecule has 0 heterocycles. The summed E-state index contributed by atoms with van der Waals surface area (Å²) in [4.78, 5) is 12.5. The predicted octanol–water partition coefficient (Wildman–Crippen LogP) is 2.37. The first kappa shape index (κ1) is 19.3. The largest absolute Gasteiger partial charge is 0.495 e. The Morgan fingerprint density at radius 2 is 1.96 bits per heavy atom. The minimum Gasteiger partial charge on any atom is -0.495 e. The van der Waals surface area contributed by atoms with Gasteiger partial charge in [0.1, 0.15) is 16.5 Å². The maximum Gasteiger partial charge on any atom is 0.251 e. The van der Waals surface area contributed by atoms with Crippen LogP contribution in [0.4, 0.5) is 4.39 Å². The summed E-state index contributed by atoms with van der Waals surface area (Å²) in [5, 5.41) is 2.87. The van der Waals surface area contributed by atoms with Gasteiger partial charge < -0.3 is 10.1 Å². The second-order valence-corrected chi connectivity index (χ2v) is 8.75. The zero-order valence-electron chi connectivity index (χ0n) is 15.3. The first-order chi connectivity index (χ1) is 12.7. The number of ether oxygens (including phenoxy) is 1. The first-order valence-corrected chi connectivity index (χ1v) is 9.85. The van der Waals surface area contributed by atoms with Crippen LogP contribution in [0.25, 0.3) is 0 Å². The maximum absolute atomic E-state index is 13.3. The van der Waals surface area contributed by atoms with Crippen LogP contribution in [0.2, 0.25) is 0 Å². The zero-order valence-corrected chi connectivity index (χ0v) is 16.1. The average Bonchev–Trinajstić information content (AvgIpc) is 3.40. The van der Waals surface area contributed by atoms with Gasteiger partial charge in [0, 0.05) is 31.6 Å². The molecule has 6 nitrogen and oxygen atoms in total. The Bertz CT molecular complexity index is 975. The molecule has 27 heavy (non-hydrogen) atoms. The monoisotopic (exact) mass is 392 g/mol. The summed E-state index contributed by atoms with van der Waals surface area (Å²) in [5.74, 6) is -0.452. The van der Waals surface area contributed by atoms with Crippen LogP contribution in [-0.4, -0.2) is 45.9 Å². The molecule has 2 aromatic carbocycles. The summed E-state index contributed by atoms with van der Waals surface area (Å²) in [7, 11) is 0.436. The number of amides is 1. The van der Waals surface area contributed by atoms with Crippen molar-refractivity contribution in [3.05, 3.63) is 59.4 Å². The molecule has 3 rings (SSSR count). The highest BCUT2D eigenvalue weighted by Gasteiger charge is 2.40. The van der Waals surface area contributed by atoms with E-state index in [-0.39, 0.29) is 39.9 Å². The van der Waals surface area contributed by atoms with Crippen molar-refractivity contribution in [2.45, 2.75) is 23.3 Å². The summed E-state index contributed by atoms with van der Waals surface area (Å²) in [6.07, 6.45) is 0.716. The number of hydrogen-bond donors (Lipinski definition) is 1. The first-order valence-electron chi connectivity index (χ1n) is 8.41. The van der Waals surface area contributed by atoms with Crippen molar-refractivity contribution in [3.8, 4) is 5.75 Å². The molecule has 144 valence electrons. The van der Waals surface area contributed by atoms with Crippen molar-refractivity contribution in [2.24, 2.45) is 0 Å². The lowest BCUT2D eigenvalue weighted by atomic mass is 10.1. The lowest BCUT2D eigenvalue weighted by Crippen LogP contribution is -2.27. The molecule has 1 fully saturated rings. The number of hydrogen-bond acceptors (Lipinski definition) is 4. The Kier molecular flexibility index (Phi) is 5.21. The van der Waals surface area contributed by atoms with E-state index in [1.807, 2.05) is 6.07 Å². The molecule has 2 unspecified atom stereocenters. The third kappa shape index (κ3) is 3.96. The van der Waals surface area contributed by atoms with Crippen molar-refractivity contribution in [1.82, 2.24) is 9.62 Å². The fourth-order valence-electron chi connectivity index (χ4n) is 2.93. The van der Waals surface area contributed by atoms with Crippen molar-refractivity contribution >= 4 is 15.9 Å². The molecule has 0 spiro atoms. The van der Waals surface area contributed by atoms with E-state index in [1.54, 1.807) is 6.07 Å². The van der Waals surface area contributed by atoms with Crippen LogP contribution in [0.5, 0.6) is 5.75 Å². The summed E-state index contributed by atoms with van der Waals surface area (Å²) < 4.78 is 44.5. The number of halogens is 1. The van der Waals surface area contributed by atoms with Gasteiger partial charge in [-0.2, -0.15) is 0 Å². The van der Waals surface area contributed by atoms with Gasteiger partial charge in [-0.1, -0.05) is 12.1 Å². The second-order valence-electron chi connectivity index (χ2n) is 6.63. The minimum atomic E-state index is -3.76. The fraction of sp³-hybridized carbons (Fsp3) is 0.316. The van der Waals surface area contributed by atoms with Crippen molar-refractivity contribution in [3.63, 3.8) is 0 Å². The van der Waals surface area contributed by atoms with Crippen molar-refractivity contribution in [1.29, 1.82) is 0 Å². The van der Waals surface area contributed by atoms with E-state index in [2.05, 4.69) is 5.32 Å². The Hall–Kier alpha value is -2.45. The molecular formula is C19H21FN2O4S. The molecule has 0 radical (unpaired) electrons. The molecule has 1 saturated carbocycles. The van der Waals surface area contributed by atoms with E-state index in [9.17, 15) is 17.6 Å². The van der Waals surface area contributed by atoms with Gasteiger partial charge in [0.2, 0.25) is 10.0 Å². The average molecular weight is 392 g/mol. The Morgan fingerprint density at radius 3 is 2.59 bits per heavy atom. The number of nitrogens with one attached hydrogen (secondary N) is 1. The minimum absolute atomic E-state index is 0.0628. The van der Waals surface area contributed by atoms with Crippen LogP contribution in [0.15, 0.2) is 47.4 Å². The topological polar surface area (TPSA) is 75.7 Å². The SMILES string of the molecule is COc1ccc(C(=O)NC2CC2c2cccc(F)c2)cc1S(=O)(=O)N(C)C. The van der Waals surface area contributed by atoms with Gasteiger partial charge in [-0.25, -0.2) is 17.1 Å². The van der Waals surface area contributed by atoms with E-state index in [0.717, 1.165) is 9.87 Å². The van der Waals surface area contributed by atoms with E-state index >= 15 is 0 Å². The van der Waals surface area contributed by atoms with Crippen molar-refractivity contribution < 1.29 is 22.3 Å². The van der Waals surface area contributed by atoms with Gasteiger partial charge in [0.25, 0.3) is 5.91 Å². The summed E-state index contributed by atoms with van der Waals surface area (Å²) in [5.41, 5.74) is 1.06. The van der Waals surface area contributed by atoms with Crippen LogP contribution < -0.4 is 10.1 Å². The molecule has 1 aliphatic rings. The lowest BCUT2D eigenvalue weighted by Gasteiger charge is -2.15. The molecule has 2 aromatic rings. The number of carbonyl (C=O) groups excluding carboxylic acids is 1. The summed E-state index contributed by atoms with van der Waals surface area (Å²) >= 11 is 0. The summed E-state index contributed by atoms with van der Waals surface area (Å²) in [6.45, 7) is 0. The van der Waals surface area contributed by atoms with E-state index < -0.39 is 10.0 Å². The molecule has 8 heteroatoms. The highest BCUT2D eigenvalue weighted by molar-refractivity contribution is 7.89. The van der Waals surface area contributed by atoms with Crippen molar-refractivity contribution in [2.75, 3.05) is 21.2 Å². The van der Waals surface area contributed by atoms with Gasteiger partial charge in [-0.3, -0.25) is 4.79 Å². The van der Waals surface area contributed by atoms with Crippen LogP contribution >= 0.6 is 0 Å². The maximum atomic E-state index is 13.3. The van der Waals surface area contributed by atoms with E-state index in [1.165, 1.54) is 51.5 Å². The predicted molar refractivity (Wildman–Crippen MR) is 98.9 cm³/mol. The quantitative estimate of drug-likeness (QED) is 0.819. The van der Waals surface area contributed by atoms with E-state index in [0.29, 0.717) is 6.42 Å². The molecular weight excluding hydrogens is 371 g/mol. The molecule has 0 aliphatic heterocycles. The molecule has 1 N–H and O–H groups in total. The summed E-state index contributed by atoms with van der Waals surface area (Å²) in [6, 6.07) is 10.5. The van der Waals surface area contributed by atoms with Crippen LogP contribution in [0.3, 0.4) is 0 Å². The molecule has 0 bridgehead atoms. The number of sulfonamides is 1. The van der Waals surface area contributed by atoms with Crippen LogP contribution in [0.1, 0.15) is 28.3 Å². The van der Waals surface area contributed by atoms with Crippen LogP contribution in [-0.2, 0) is 10.0 Å². The van der Waals surface area contributed by atoms with Gasteiger partial charge in [0.05, 0.1) is 7.11 Å². The van der Waals surface area contributed by atoms with Gasteiger partial charge >= 0.3 is 0 Å². The third-order valence-electron chi connectivity index (χ3n) is 4.57. The fourth-order valence-corrected chi connectivity index (χ4v) is 4.00. The van der Waals surface area contributed by atoms with Gasteiger partial charge in [-0.15, -0.1) is 0 Å².